The molecular formula is C3H10O5P2. The van der Waals surface area contributed by atoms with Gasteiger partial charge >= 0.3 is 0 Å². The highest BCUT2D eigenvalue weighted by Gasteiger charge is 2.32. The summed E-state index contributed by atoms with van der Waals surface area (Å²) in [6, 6.07) is 0. The van der Waals surface area contributed by atoms with Crippen molar-refractivity contribution in [2.75, 3.05) is 6.61 Å². The van der Waals surface area contributed by atoms with E-state index in [2.05, 4.69) is 0 Å². The van der Waals surface area contributed by atoms with E-state index in [9.17, 15) is 9.13 Å². The van der Waals surface area contributed by atoms with Gasteiger partial charge in [0.2, 0.25) is 0 Å². The van der Waals surface area contributed by atoms with Gasteiger partial charge in [0, 0.05) is 0 Å². The zero-order valence-corrected chi connectivity index (χ0v) is 7.41. The quantitative estimate of drug-likeness (QED) is 0.466. The molecule has 0 aliphatic rings. The van der Waals surface area contributed by atoms with Gasteiger partial charge in [-0.15, -0.1) is 0 Å². The molecule has 3 N–H and O–H groups in total. The van der Waals surface area contributed by atoms with Gasteiger partial charge in [0.15, 0.2) is 5.08 Å². The Morgan fingerprint density at radius 1 is 1.40 bits per heavy atom. The molecule has 10 heavy (non-hydrogen) atoms. The molecule has 3 atom stereocenters. The van der Waals surface area contributed by atoms with Crippen LogP contribution in [-0.2, 0) is 9.13 Å². The SMILES string of the molecule is O=[PH2]C(O)([PH2]=O)C(O)CO. The van der Waals surface area contributed by atoms with Crippen LogP contribution in [0.5, 0.6) is 0 Å². The van der Waals surface area contributed by atoms with E-state index in [1.54, 1.807) is 0 Å². The van der Waals surface area contributed by atoms with E-state index in [1.807, 2.05) is 0 Å². The lowest BCUT2D eigenvalue weighted by atomic mass is 10.4. The zero-order chi connectivity index (χ0) is 8.20. The predicted molar refractivity (Wildman–Crippen MR) is 38.8 cm³/mol. The highest BCUT2D eigenvalue weighted by molar-refractivity contribution is 7.46. The Bertz CT molecular complexity index is 129. The number of hydrogen-bond donors (Lipinski definition) is 3. The summed E-state index contributed by atoms with van der Waals surface area (Å²) in [5, 5.41) is 23.9. The average Bonchev–Trinajstić information content (AvgIpc) is 2.01. The van der Waals surface area contributed by atoms with E-state index in [0.717, 1.165) is 0 Å². The van der Waals surface area contributed by atoms with Crippen molar-refractivity contribution in [3.63, 3.8) is 0 Å². The van der Waals surface area contributed by atoms with Crippen molar-refractivity contribution in [1.82, 2.24) is 0 Å². The van der Waals surface area contributed by atoms with Crippen molar-refractivity contribution in [3.05, 3.63) is 0 Å². The van der Waals surface area contributed by atoms with E-state index in [4.69, 9.17) is 15.3 Å². The minimum absolute atomic E-state index is 0.735. The molecule has 7 heteroatoms. The lowest BCUT2D eigenvalue weighted by molar-refractivity contribution is 0.00618. The molecule has 5 nitrogen and oxygen atoms in total. The Morgan fingerprint density at radius 2 is 1.80 bits per heavy atom. The fourth-order valence-electron chi connectivity index (χ4n) is 0.331. The molecule has 0 amide bonds. The summed E-state index contributed by atoms with van der Waals surface area (Å²) in [6.07, 6.45) is -1.56. The number of aliphatic hydroxyl groups excluding tert-OH is 2. The first-order chi connectivity index (χ1) is 4.60. The van der Waals surface area contributed by atoms with Crippen LogP contribution >= 0.6 is 16.9 Å². The van der Waals surface area contributed by atoms with E-state index in [1.165, 1.54) is 0 Å². The Labute approximate surface area is 60.1 Å². The molecule has 0 spiro atoms. The second-order valence-electron chi connectivity index (χ2n) is 1.82. The van der Waals surface area contributed by atoms with Gasteiger partial charge in [-0.3, -0.25) is 0 Å². The van der Waals surface area contributed by atoms with Crippen LogP contribution in [-0.4, -0.2) is 33.1 Å². The molecule has 0 heterocycles. The number of hydrogen-bond acceptors (Lipinski definition) is 5. The third kappa shape index (κ3) is 2.19. The average molecular weight is 188 g/mol. The molecule has 0 fully saturated rings. The molecule has 0 aromatic rings. The molecule has 3 unspecified atom stereocenters. The van der Waals surface area contributed by atoms with Crippen molar-refractivity contribution >= 4 is 16.9 Å². The summed E-state index contributed by atoms with van der Waals surface area (Å²) in [4.78, 5) is 0. The molecule has 0 aliphatic carbocycles. The Kier molecular flexibility index (Phi) is 4.41. The molecule has 0 saturated heterocycles. The minimum Gasteiger partial charge on any atom is -0.394 e. The van der Waals surface area contributed by atoms with Gasteiger partial charge < -0.3 is 24.4 Å². The van der Waals surface area contributed by atoms with Gasteiger partial charge in [0.05, 0.1) is 6.61 Å². The predicted octanol–water partition coefficient (Wildman–Crippen LogP) is -1.50. The van der Waals surface area contributed by atoms with Crippen LogP contribution in [0.1, 0.15) is 0 Å². The van der Waals surface area contributed by atoms with E-state index in [-0.39, 0.29) is 0 Å². The molecule has 0 radical (unpaired) electrons. The third-order valence-electron chi connectivity index (χ3n) is 1.08. The monoisotopic (exact) mass is 188 g/mol. The second-order valence-corrected chi connectivity index (χ2v) is 4.81. The van der Waals surface area contributed by atoms with Crippen molar-refractivity contribution in [3.8, 4) is 0 Å². The lowest BCUT2D eigenvalue weighted by Crippen LogP contribution is -2.33. The number of rotatable bonds is 4. The molecule has 0 bridgehead atoms. The van der Waals surface area contributed by atoms with Gasteiger partial charge in [0.1, 0.15) is 23.0 Å². The Balaban J connectivity index is 4.30. The number of aliphatic hydroxyl groups is 3. The second kappa shape index (κ2) is 4.27. The molecule has 0 saturated carbocycles. The van der Waals surface area contributed by atoms with Crippen molar-refractivity contribution in [2.24, 2.45) is 0 Å². The Hall–Kier alpha value is 0.340. The van der Waals surface area contributed by atoms with Crippen LogP contribution in [0, 0.1) is 0 Å². The molecule has 0 rings (SSSR count). The summed E-state index contributed by atoms with van der Waals surface area (Å²) in [6.45, 7) is -0.735. The Morgan fingerprint density at radius 3 is 1.90 bits per heavy atom. The van der Waals surface area contributed by atoms with Gasteiger partial charge in [-0.1, -0.05) is 0 Å². The third-order valence-corrected chi connectivity index (χ3v) is 3.43. The van der Waals surface area contributed by atoms with Crippen LogP contribution < -0.4 is 0 Å². The van der Waals surface area contributed by atoms with Gasteiger partial charge in [-0.2, -0.15) is 0 Å². The zero-order valence-electron chi connectivity index (χ0n) is 5.10. The molecule has 0 aromatic carbocycles. The van der Waals surface area contributed by atoms with Crippen LogP contribution in [0.2, 0.25) is 0 Å². The fourth-order valence-corrected chi connectivity index (χ4v) is 1.08. The maximum absolute atomic E-state index is 10.2. The smallest absolute Gasteiger partial charge is 0.188 e. The molecule has 0 aliphatic heterocycles. The molecular weight excluding hydrogens is 178 g/mol. The summed E-state index contributed by atoms with van der Waals surface area (Å²) >= 11 is 0. The first-order valence-electron chi connectivity index (χ1n) is 2.54. The normalized spacial score (nSPS) is 22.3. The van der Waals surface area contributed by atoms with Crippen LogP contribution in [0.3, 0.4) is 0 Å². The molecule has 62 valence electrons. The van der Waals surface area contributed by atoms with Crippen molar-refractivity contribution in [2.45, 2.75) is 11.2 Å². The summed E-state index contributed by atoms with van der Waals surface area (Å²) < 4.78 is 20.3. The standard InChI is InChI=1S/C3H10O5P2/c4-1-2(5)3(6,9-7)10-8/h2,4-6H,1,9-10H2. The van der Waals surface area contributed by atoms with Gasteiger partial charge in [-0.05, 0) is 0 Å². The molecule has 0 aromatic heterocycles. The first kappa shape index (κ1) is 10.3. The largest absolute Gasteiger partial charge is 0.394 e. The maximum Gasteiger partial charge on any atom is 0.188 e. The summed E-state index contributed by atoms with van der Waals surface area (Å²) in [5.41, 5.74) is 0. The highest BCUT2D eigenvalue weighted by atomic mass is 31.1. The van der Waals surface area contributed by atoms with Gasteiger partial charge in [0.25, 0.3) is 0 Å². The van der Waals surface area contributed by atoms with Crippen LogP contribution in [0.25, 0.3) is 0 Å². The summed E-state index contributed by atoms with van der Waals surface area (Å²) in [5.74, 6) is 0. The van der Waals surface area contributed by atoms with Crippen molar-refractivity contribution in [1.29, 1.82) is 0 Å². The van der Waals surface area contributed by atoms with Crippen LogP contribution in [0.15, 0.2) is 0 Å². The van der Waals surface area contributed by atoms with E-state index >= 15 is 0 Å². The van der Waals surface area contributed by atoms with E-state index in [0.29, 0.717) is 0 Å². The summed E-state index contributed by atoms with van der Waals surface area (Å²) in [7, 11) is -3.50. The maximum atomic E-state index is 10.2. The topological polar surface area (TPSA) is 94.8 Å². The first-order valence-corrected chi connectivity index (χ1v) is 4.64. The van der Waals surface area contributed by atoms with Gasteiger partial charge in [-0.25, -0.2) is 0 Å². The van der Waals surface area contributed by atoms with E-state index < -0.39 is 34.7 Å². The van der Waals surface area contributed by atoms with Crippen LogP contribution in [0.4, 0.5) is 0 Å². The fraction of sp³-hybridized carbons (Fsp3) is 1.00. The highest BCUT2D eigenvalue weighted by Crippen LogP contribution is 2.34. The van der Waals surface area contributed by atoms with Crippen molar-refractivity contribution < 1.29 is 24.4 Å². The minimum atomic E-state index is -2.05. The lowest BCUT2D eigenvalue weighted by Gasteiger charge is -2.19.